The average Bonchev–Trinajstić information content (AvgIpc) is 3.11. The predicted molar refractivity (Wildman–Crippen MR) is 92.4 cm³/mol. The molecule has 9 heteroatoms. The molecule has 1 aliphatic heterocycles. The summed E-state index contributed by atoms with van der Waals surface area (Å²) in [7, 11) is 0. The number of nitrogens with one attached hydrogen (secondary N) is 3. The van der Waals surface area contributed by atoms with Crippen LogP contribution < -0.4 is 16.0 Å². The van der Waals surface area contributed by atoms with Gasteiger partial charge in [0.1, 0.15) is 11.5 Å². The first kappa shape index (κ1) is 15.2. The number of fused-ring (bicyclic) bond motifs is 1. The van der Waals surface area contributed by atoms with Crippen LogP contribution in [0, 0.1) is 0 Å². The quantitative estimate of drug-likeness (QED) is 0.495. The maximum Gasteiger partial charge on any atom is 0.326 e. The Hall–Kier alpha value is -3.39. The summed E-state index contributed by atoms with van der Waals surface area (Å²) in [5, 5.41) is 12.5. The molecule has 3 heterocycles. The van der Waals surface area contributed by atoms with E-state index in [1.807, 2.05) is 12.1 Å². The van der Waals surface area contributed by atoms with Gasteiger partial charge in [-0.2, -0.15) is 5.10 Å². The van der Waals surface area contributed by atoms with E-state index in [1.165, 1.54) is 6.08 Å². The van der Waals surface area contributed by atoms with Crippen LogP contribution in [0.3, 0.4) is 0 Å². The van der Waals surface area contributed by atoms with Gasteiger partial charge in [0.15, 0.2) is 5.65 Å². The van der Waals surface area contributed by atoms with Gasteiger partial charge >= 0.3 is 6.03 Å². The van der Waals surface area contributed by atoms with Gasteiger partial charge in [-0.05, 0) is 30.3 Å². The van der Waals surface area contributed by atoms with Crippen molar-refractivity contribution in [2.24, 2.45) is 0 Å². The van der Waals surface area contributed by atoms with Crippen LogP contribution in [0.1, 0.15) is 5.56 Å². The van der Waals surface area contributed by atoms with Gasteiger partial charge in [0.05, 0.1) is 6.20 Å². The second-order valence-corrected chi connectivity index (χ2v) is 5.72. The Kier molecular flexibility index (Phi) is 3.58. The lowest BCUT2D eigenvalue weighted by molar-refractivity contribution is -0.115. The summed E-state index contributed by atoms with van der Waals surface area (Å²) in [6, 6.07) is 8.48. The van der Waals surface area contributed by atoms with Gasteiger partial charge in [-0.1, -0.05) is 17.7 Å². The number of nitrogens with zero attached hydrogens (tertiary/aromatic N) is 3. The normalized spacial score (nSPS) is 15.5. The number of urea groups is 1. The van der Waals surface area contributed by atoms with Gasteiger partial charge in [-0.3, -0.25) is 10.1 Å². The molecule has 1 saturated heterocycles. The van der Waals surface area contributed by atoms with E-state index in [0.29, 0.717) is 22.1 Å². The Morgan fingerprint density at radius 3 is 2.84 bits per heavy atom. The molecule has 0 atom stereocenters. The number of rotatable bonds is 3. The van der Waals surface area contributed by atoms with Crippen molar-refractivity contribution < 1.29 is 9.59 Å². The van der Waals surface area contributed by atoms with Gasteiger partial charge < -0.3 is 10.6 Å². The minimum Gasteiger partial charge on any atom is -0.340 e. The predicted octanol–water partition coefficient (Wildman–Crippen LogP) is 2.31. The molecule has 0 unspecified atom stereocenters. The van der Waals surface area contributed by atoms with Crippen LogP contribution in [0.5, 0.6) is 0 Å². The molecular weight excluding hydrogens is 344 g/mol. The molecule has 0 spiro atoms. The first-order valence-corrected chi connectivity index (χ1v) is 7.67. The van der Waals surface area contributed by atoms with Crippen LogP contribution in [0.4, 0.5) is 16.3 Å². The number of carbonyl (C=O) groups excluding carboxylic acids is 2. The zero-order valence-corrected chi connectivity index (χ0v) is 13.4. The molecule has 0 aliphatic carbocycles. The first-order valence-electron chi connectivity index (χ1n) is 7.29. The minimum atomic E-state index is -0.552. The molecule has 3 aromatic rings. The highest BCUT2D eigenvalue weighted by molar-refractivity contribution is 6.30. The third-order valence-corrected chi connectivity index (χ3v) is 3.75. The van der Waals surface area contributed by atoms with E-state index >= 15 is 0 Å². The van der Waals surface area contributed by atoms with Crippen molar-refractivity contribution in [1.29, 1.82) is 0 Å². The van der Waals surface area contributed by atoms with E-state index in [1.54, 1.807) is 35.1 Å². The molecule has 3 amide bonds. The van der Waals surface area contributed by atoms with Crippen molar-refractivity contribution >= 4 is 46.8 Å². The summed E-state index contributed by atoms with van der Waals surface area (Å²) in [4.78, 5) is 27.4. The van der Waals surface area contributed by atoms with E-state index in [2.05, 4.69) is 26.0 Å². The van der Waals surface area contributed by atoms with Gasteiger partial charge in [0, 0.05) is 22.5 Å². The van der Waals surface area contributed by atoms with E-state index in [9.17, 15) is 9.59 Å². The number of halogens is 1. The number of anilines is 2. The number of hydrogen-bond acceptors (Lipinski definition) is 5. The van der Waals surface area contributed by atoms with Crippen LogP contribution in [0.25, 0.3) is 11.7 Å². The molecule has 1 aliphatic rings. The van der Waals surface area contributed by atoms with E-state index < -0.39 is 11.9 Å². The number of carbonyl (C=O) groups is 2. The monoisotopic (exact) mass is 354 g/mol. The number of hydrogen-bond donors (Lipinski definition) is 3. The molecular formula is C16H11ClN6O2. The van der Waals surface area contributed by atoms with Crippen molar-refractivity contribution in [3.8, 4) is 0 Å². The summed E-state index contributed by atoms with van der Waals surface area (Å²) in [6.07, 6.45) is 4.83. The topological polar surface area (TPSA) is 100 Å². The van der Waals surface area contributed by atoms with Crippen molar-refractivity contribution in [3.63, 3.8) is 0 Å². The summed E-state index contributed by atoms with van der Waals surface area (Å²) < 4.78 is 1.57. The zero-order valence-electron chi connectivity index (χ0n) is 12.7. The highest BCUT2D eigenvalue weighted by Gasteiger charge is 2.23. The summed E-state index contributed by atoms with van der Waals surface area (Å²) in [5.41, 5.74) is 2.08. The molecule has 1 fully saturated rings. The van der Waals surface area contributed by atoms with Crippen LogP contribution in [0.2, 0.25) is 5.02 Å². The van der Waals surface area contributed by atoms with Crippen molar-refractivity contribution in [2.75, 3.05) is 5.32 Å². The fourth-order valence-corrected chi connectivity index (χ4v) is 2.60. The molecule has 124 valence electrons. The maximum atomic E-state index is 11.7. The number of aromatic nitrogens is 3. The second kappa shape index (κ2) is 5.91. The standard InChI is InChI=1S/C16H11ClN6O2/c17-10-2-1-3-11(7-10)19-13-4-5-23-14(21-13)9(8-18-23)6-12-15(24)22-16(25)20-12/h1-8H,(H,19,21)(H2,20,22,24,25)/b12-6+. The van der Waals surface area contributed by atoms with Crippen LogP contribution >= 0.6 is 11.6 Å². The lowest BCUT2D eigenvalue weighted by Crippen LogP contribution is -2.22. The van der Waals surface area contributed by atoms with E-state index in [0.717, 1.165) is 5.69 Å². The zero-order chi connectivity index (χ0) is 17.4. The van der Waals surface area contributed by atoms with Gasteiger partial charge in [-0.15, -0.1) is 0 Å². The van der Waals surface area contributed by atoms with Gasteiger partial charge in [0.25, 0.3) is 5.91 Å². The van der Waals surface area contributed by atoms with E-state index in [4.69, 9.17) is 11.6 Å². The highest BCUT2D eigenvalue weighted by Crippen LogP contribution is 2.20. The lowest BCUT2D eigenvalue weighted by Gasteiger charge is -2.06. The molecule has 4 rings (SSSR count). The van der Waals surface area contributed by atoms with Crippen LogP contribution in [-0.2, 0) is 4.79 Å². The summed E-state index contributed by atoms with van der Waals surface area (Å²) in [5.74, 6) is 0.104. The Bertz CT molecular complexity index is 1040. The Morgan fingerprint density at radius 2 is 2.08 bits per heavy atom. The van der Waals surface area contributed by atoms with Gasteiger partial charge in [0.2, 0.25) is 0 Å². The molecule has 0 radical (unpaired) electrons. The Balaban J connectivity index is 1.69. The molecule has 8 nitrogen and oxygen atoms in total. The SMILES string of the molecule is O=C1NC(=O)/C(=C\c2cnn3ccc(Nc4cccc(Cl)c4)nc23)N1. The molecule has 0 bridgehead atoms. The maximum absolute atomic E-state index is 11.7. The number of imide groups is 1. The molecule has 3 N–H and O–H groups in total. The molecule has 1 aromatic carbocycles. The Morgan fingerprint density at radius 1 is 1.20 bits per heavy atom. The minimum absolute atomic E-state index is 0.148. The Labute approximate surface area is 146 Å². The van der Waals surface area contributed by atoms with Crippen molar-refractivity contribution in [3.05, 3.63) is 59.0 Å². The second-order valence-electron chi connectivity index (χ2n) is 5.28. The van der Waals surface area contributed by atoms with Gasteiger partial charge in [-0.25, -0.2) is 14.3 Å². The largest absolute Gasteiger partial charge is 0.340 e. The molecule has 0 saturated carbocycles. The third kappa shape index (κ3) is 3.02. The third-order valence-electron chi connectivity index (χ3n) is 3.51. The molecule has 2 aromatic heterocycles. The summed E-state index contributed by atoms with van der Waals surface area (Å²) >= 11 is 5.98. The first-order chi connectivity index (χ1) is 12.1. The van der Waals surface area contributed by atoms with Crippen molar-refractivity contribution in [2.45, 2.75) is 0 Å². The van der Waals surface area contributed by atoms with Crippen LogP contribution in [0.15, 0.2) is 48.4 Å². The molecule has 25 heavy (non-hydrogen) atoms. The average molecular weight is 355 g/mol. The number of amides is 3. The van der Waals surface area contributed by atoms with Crippen molar-refractivity contribution in [1.82, 2.24) is 25.2 Å². The van der Waals surface area contributed by atoms with E-state index in [-0.39, 0.29) is 5.70 Å². The summed E-state index contributed by atoms with van der Waals surface area (Å²) in [6.45, 7) is 0. The van der Waals surface area contributed by atoms with Crippen LogP contribution in [-0.4, -0.2) is 26.5 Å². The fourth-order valence-electron chi connectivity index (χ4n) is 2.41. The highest BCUT2D eigenvalue weighted by atomic mass is 35.5. The smallest absolute Gasteiger partial charge is 0.326 e. The fraction of sp³-hybridized carbons (Fsp3) is 0. The number of benzene rings is 1. The lowest BCUT2D eigenvalue weighted by atomic mass is 10.2.